The van der Waals surface area contributed by atoms with Crippen molar-refractivity contribution >= 4 is 17.4 Å². The van der Waals surface area contributed by atoms with E-state index in [1.807, 2.05) is 6.07 Å². The van der Waals surface area contributed by atoms with Gasteiger partial charge in [0.1, 0.15) is 12.3 Å². The van der Waals surface area contributed by atoms with E-state index < -0.39 is 12.3 Å². The van der Waals surface area contributed by atoms with Gasteiger partial charge in [0.05, 0.1) is 17.3 Å². The minimum absolute atomic E-state index is 0.0352. The molecule has 1 atom stereocenters. The molecule has 130 valence electrons. The molecule has 1 aliphatic rings. The Morgan fingerprint density at radius 3 is 2.50 bits per heavy atom. The van der Waals surface area contributed by atoms with Crippen LogP contribution in [0.25, 0.3) is 11.1 Å². The Morgan fingerprint density at radius 1 is 1.15 bits per heavy atom. The van der Waals surface area contributed by atoms with Gasteiger partial charge in [-0.15, -0.1) is 0 Å². The van der Waals surface area contributed by atoms with Crippen LogP contribution in [-0.4, -0.2) is 28.5 Å². The smallest absolute Gasteiger partial charge is 0.301 e. The number of rotatable bonds is 3. The number of aromatic nitrogens is 1. The van der Waals surface area contributed by atoms with Crippen molar-refractivity contribution in [2.75, 3.05) is 0 Å². The van der Waals surface area contributed by atoms with E-state index in [1.165, 1.54) is 24.4 Å². The van der Waals surface area contributed by atoms with Gasteiger partial charge in [-0.25, -0.2) is 0 Å². The lowest BCUT2D eigenvalue weighted by Gasteiger charge is -2.34. The second kappa shape index (κ2) is 6.84. The lowest BCUT2D eigenvalue weighted by atomic mass is 9.90. The van der Waals surface area contributed by atoms with E-state index in [1.54, 1.807) is 30.3 Å². The summed E-state index contributed by atoms with van der Waals surface area (Å²) in [6.45, 7) is 0. The molecule has 4 nitrogen and oxygen atoms in total. The molecule has 2 heterocycles. The van der Waals surface area contributed by atoms with Gasteiger partial charge in [-0.2, -0.15) is 18.4 Å². The van der Waals surface area contributed by atoms with Gasteiger partial charge < -0.3 is 4.79 Å². The van der Waals surface area contributed by atoms with Gasteiger partial charge in [0.15, 0.2) is 0 Å². The summed E-state index contributed by atoms with van der Waals surface area (Å²) < 4.78 is 40.6. The summed E-state index contributed by atoms with van der Waals surface area (Å²) in [6.07, 6.45) is -0.748. The standard InChI is InChI=1S/C19H12F3N3O/c20-19(21,22)25-11-14(17-7-3-4-8-24-17)9-16(18(25)12-26)15-6-2-1-5-13(15)10-23/h1-9,11-12,18H. The first-order valence-electron chi connectivity index (χ1n) is 7.60. The molecule has 1 unspecified atom stereocenters. The molecular weight excluding hydrogens is 343 g/mol. The molecule has 1 aromatic carbocycles. The third-order valence-corrected chi connectivity index (χ3v) is 3.95. The molecule has 0 aliphatic carbocycles. The van der Waals surface area contributed by atoms with E-state index in [2.05, 4.69) is 4.98 Å². The number of halogens is 3. The fourth-order valence-corrected chi connectivity index (χ4v) is 2.78. The molecule has 2 aromatic rings. The fourth-order valence-electron chi connectivity index (χ4n) is 2.78. The summed E-state index contributed by atoms with van der Waals surface area (Å²) in [5.74, 6) is 0. The zero-order valence-corrected chi connectivity index (χ0v) is 13.3. The van der Waals surface area contributed by atoms with Crippen LogP contribution in [0.4, 0.5) is 13.2 Å². The predicted octanol–water partition coefficient (Wildman–Crippen LogP) is 3.78. The van der Waals surface area contributed by atoms with Crippen molar-refractivity contribution < 1.29 is 18.0 Å². The molecule has 0 N–H and O–H groups in total. The first-order chi connectivity index (χ1) is 12.5. The molecule has 1 aliphatic heterocycles. The third-order valence-electron chi connectivity index (χ3n) is 3.95. The molecule has 0 fully saturated rings. The van der Waals surface area contributed by atoms with Crippen molar-refractivity contribution in [2.24, 2.45) is 0 Å². The normalized spacial score (nSPS) is 17.2. The summed E-state index contributed by atoms with van der Waals surface area (Å²) in [7, 11) is 0. The number of carbonyl (C=O) groups is 1. The minimum atomic E-state index is -4.77. The molecule has 7 heteroatoms. The van der Waals surface area contributed by atoms with E-state index in [9.17, 15) is 23.2 Å². The average Bonchev–Trinajstić information content (AvgIpc) is 2.66. The highest BCUT2D eigenvalue weighted by atomic mass is 19.4. The van der Waals surface area contributed by atoms with Gasteiger partial charge in [-0.1, -0.05) is 24.3 Å². The van der Waals surface area contributed by atoms with Gasteiger partial charge in [0.25, 0.3) is 0 Å². The first-order valence-corrected chi connectivity index (χ1v) is 7.60. The molecule has 1 aromatic heterocycles. The second-order valence-corrected chi connectivity index (χ2v) is 5.51. The van der Waals surface area contributed by atoms with Crippen LogP contribution in [0, 0.1) is 11.3 Å². The number of nitrogens with zero attached hydrogens (tertiary/aromatic N) is 3. The number of aldehydes is 1. The number of nitriles is 1. The molecule has 0 bridgehead atoms. The van der Waals surface area contributed by atoms with Crippen LogP contribution in [0.15, 0.2) is 60.9 Å². The van der Waals surface area contributed by atoms with Gasteiger partial charge in [0, 0.05) is 18.0 Å². The fraction of sp³-hybridized carbons (Fsp3) is 0.105. The number of benzene rings is 1. The number of alkyl halides is 3. The van der Waals surface area contributed by atoms with Crippen LogP contribution >= 0.6 is 0 Å². The highest BCUT2D eigenvalue weighted by molar-refractivity contribution is 5.94. The Bertz CT molecular complexity index is 927. The monoisotopic (exact) mass is 355 g/mol. The van der Waals surface area contributed by atoms with E-state index >= 15 is 0 Å². The quantitative estimate of drug-likeness (QED) is 0.621. The van der Waals surface area contributed by atoms with Gasteiger partial charge >= 0.3 is 6.30 Å². The maximum atomic E-state index is 13.5. The average molecular weight is 355 g/mol. The van der Waals surface area contributed by atoms with Crippen molar-refractivity contribution in [1.82, 2.24) is 9.88 Å². The zero-order chi connectivity index (χ0) is 18.7. The SMILES string of the molecule is N#Cc1ccccc1C1=CC(c2ccccn2)=CN(C(F)(F)F)C1C=O. The Morgan fingerprint density at radius 2 is 1.88 bits per heavy atom. The Hall–Kier alpha value is -3.40. The molecule has 0 radical (unpaired) electrons. The van der Waals surface area contributed by atoms with E-state index in [0.29, 0.717) is 5.69 Å². The summed E-state index contributed by atoms with van der Waals surface area (Å²) in [4.78, 5) is 15.6. The van der Waals surface area contributed by atoms with Crippen LogP contribution in [0.5, 0.6) is 0 Å². The minimum Gasteiger partial charge on any atom is -0.301 e. The molecule has 26 heavy (non-hydrogen) atoms. The summed E-state index contributed by atoms with van der Waals surface area (Å²) >= 11 is 0. The Balaban J connectivity index is 2.23. The third kappa shape index (κ3) is 3.22. The molecule has 0 spiro atoms. The number of hydrogen-bond donors (Lipinski definition) is 0. The van der Waals surface area contributed by atoms with Crippen LogP contribution in [0.1, 0.15) is 16.8 Å². The molecule has 0 amide bonds. The van der Waals surface area contributed by atoms with Gasteiger partial charge in [0.2, 0.25) is 0 Å². The molecular formula is C19H12F3N3O. The van der Waals surface area contributed by atoms with Gasteiger partial charge in [-0.05, 0) is 35.4 Å². The van der Waals surface area contributed by atoms with Crippen molar-refractivity contribution in [2.45, 2.75) is 12.3 Å². The van der Waals surface area contributed by atoms with Crippen molar-refractivity contribution in [3.05, 3.63) is 77.8 Å². The van der Waals surface area contributed by atoms with Crippen LogP contribution in [0.2, 0.25) is 0 Å². The van der Waals surface area contributed by atoms with Crippen molar-refractivity contribution in [3.63, 3.8) is 0 Å². The Kier molecular flexibility index (Phi) is 4.59. The van der Waals surface area contributed by atoms with Crippen molar-refractivity contribution in [3.8, 4) is 6.07 Å². The van der Waals surface area contributed by atoms with Crippen LogP contribution < -0.4 is 0 Å². The first kappa shape index (κ1) is 17.4. The van der Waals surface area contributed by atoms with Crippen LogP contribution in [0.3, 0.4) is 0 Å². The lowest BCUT2D eigenvalue weighted by Crippen LogP contribution is -2.45. The zero-order valence-electron chi connectivity index (χ0n) is 13.3. The van der Waals surface area contributed by atoms with E-state index in [-0.39, 0.29) is 33.5 Å². The summed E-state index contributed by atoms with van der Waals surface area (Å²) in [6, 6.07) is 11.5. The largest absolute Gasteiger partial charge is 0.485 e. The molecule has 0 saturated carbocycles. The van der Waals surface area contributed by atoms with Crippen molar-refractivity contribution in [1.29, 1.82) is 5.26 Å². The van der Waals surface area contributed by atoms with E-state index in [4.69, 9.17) is 0 Å². The van der Waals surface area contributed by atoms with E-state index in [0.717, 1.165) is 6.20 Å². The highest BCUT2D eigenvalue weighted by Crippen LogP contribution is 2.38. The molecule has 0 saturated heterocycles. The molecule has 3 rings (SSSR count). The van der Waals surface area contributed by atoms with Gasteiger partial charge in [-0.3, -0.25) is 9.88 Å². The lowest BCUT2D eigenvalue weighted by molar-refractivity contribution is -0.231. The summed E-state index contributed by atoms with van der Waals surface area (Å²) in [5.41, 5.74) is 1.09. The number of allylic oxidation sites excluding steroid dienone is 2. The topological polar surface area (TPSA) is 57.0 Å². The summed E-state index contributed by atoms with van der Waals surface area (Å²) in [5, 5.41) is 9.29. The number of hydrogen-bond acceptors (Lipinski definition) is 4. The van der Waals surface area contributed by atoms with Crippen LogP contribution in [-0.2, 0) is 4.79 Å². The number of carbonyl (C=O) groups excluding carboxylic acids is 1. The Labute approximate surface area is 147 Å². The second-order valence-electron chi connectivity index (χ2n) is 5.51. The predicted molar refractivity (Wildman–Crippen MR) is 89.1 cm³/mol. The maximum absolute atomic E-state index is 13.5. The highest BCUT2D eigenvalue weighted by Gasteiger charge is 2.43. The maximum Gasteiger partial charge on any atom is 0.485 e. The number of pyridine rings is 1.